The van der Waals surface area contributed by atoms with Crippen molar-refractivity contribution in [2.75, 3.05) is 13.1 Å². The first-order valence-electron chi connectivity index (χ1n) is 5.95. The normalized spacial score (nSPS) is 18.6. The van der Waals surface area contributed by atoms with Crippen molar-refractivity contribution in [2.45, 2.75) is 38.8 Å². The molecule has 7 nitrogen and oxygen atoms in total. The fourth-order valence-corrected chi connectivity index (χ4v) is 1.78. The molecule has 7 heteroatoms. The highest BCUT2D eigenvalue weighted by Crippen LogP contribution is 2.05. The largest absolute Gasteiger partial charge is 0.480 e. The first kappa shape index (κ1) is 14.3. The Morgan fingerprint density at radius 2 is 2.22 bits per heavy atom. The molecule has 1 fully saturated rings. The summed E-state index contributed by atoms with van der Waals surface area (Å²) in [7, 11) is 0. The molecule has 0 radical (unpaired) electrons. The second-order valence-electron chi connectivity index (χ2n) is 4.60. The van der Waals surface area contributed by atoms with E-state index in [-0.39, 0.29) is 24.5 Å². The van der Waals surface area contributed by atoms with Crippen LogP contribution >= 0.6 is 0 Å². The van der Waals surface area contributed by atoms with E-state index in [1.165, 1.54) is 4.90 Å². The zero-order chi connectivity index (χ0) is 13.7. The minimum absolute atomic E-state index is 0.0134. The van der Waals surface area contributed by atoms with E-state index in [2.05, 4.69) is 10.6 Å². The number of nitrogens with zero attached hydrogens (tertiary/aromatic N) is 1. The number of urea groups is 1. The maximum absolute atomic E-state index is 11.8. The summed E-state index contributed by atoms with van der Waals surface area (Å²) >= 11 is 0. The molecule has 18 heavy (non-hydrogen) atoms. The third-order valence-electron chi connectivity index (χ3n) is 2.77. The van der Waals surface area contributed by atoms with Gasteiger partial charge in [-0.3, -0.25) is 9.59 Å². The van der Waals surface area contributed by atoms with Crippen LogP contribution in [0.4, 0.5) is 4.79 Å². The van der Waals surface area contributed by atoms with Crippen LogP contribution in [-0.4, -0.2) is 53.1 Å². The quantitative estimate of drug-likeness (QED) is 0.633. The van der Waals surface area contributed by atoms with E-state index in [9.17, 15) is 14.4 Å². The molecule has 1 aliphatic heterocycles. The summed E-state index contributed by atoms with van der Waals surface area (Å²) in [6, 6.07) is -0.673. The lowest BCUT2D eigenvalue weighted by molar-refractivity contribution is -0.138. The molecular weight excluding hydrogens is 238 g/mol. The number of carbonyl (C=O) groups excluding carboxylic acids is 2. The Labute approximate surface area is 106 Å². The summed E-state index contributed by atoms with van der Waals surface area (Å²) in [5.74, 6) is -1.06. The molecule has 1 unspecified atom stereocenters. The molecule has 1 heterocycles. The summed E-state index contributed by atoms with van der Waals surface area (Å²) in [6.45, 7) is 3.49. The third-order valence-corrected chi connectivity index (χ3v) is 2.77. The van der Waals surface area contributed by atoms with Gasteiger partial charge in [-0.15, -0.1) is 0 Å². The van der Waals surface area contributed by atoms with Crippen LogP contribution in [0.25, 0.3) is 0 Å². The van der Waals surface area contributed by atoms with Crippen molar-refractivity contribution in [3.05, 3.63) is 0 Å². The SMILES string of the molecule is CC(C)N(CC(=O)O)C(=O)NCC1CCC(=O)N1. The van der Waals surface area contributed by atoms with Gasteiger partial charge in [0.05, 0.1) is 0 Å². The van der Waals surface area contributed by atoms with E-state index < -0.39 is 12.0 Å². The van der Waals surface area contributed by atoms with Gasteiger partial charge in [-0.25, -0.2) is 4.79 Å². The number of amides is 3. The van der Waals surface area contributed by atoms with Crippen molar-refractivity contribution < 1.29 is 19.5 Å². The molecule has 0 aromatic heterocycles. The first-order valence-corrected chi connectivity index (χ1v) is 5.95. The Morgan fingerprint density at radius 1 is 1.56 bits per heavy atom. The van der Waals surface area contributed by atoms with E-state index in [0.29, 0.717) is 19.4 Å². The Balaban J connectivity index is 2.41. The van der Waals surface area contributed by atoms with Crippen molar-refractivity contribution in [3.63, 3.8) is 0 Å². The Morgan fingerprint density at radius 3 is 2.67 bits per heavy atom. The van der Waals surface area contributed by atoms with Gasteiger partial charge in [0.25, 0.3) is 0 Å². The molecule has 1 aliphatic rings. The maximum Gasteiger partial charge on any atom is 0.323 e. The minimum Gasteiger partial charge on any atom is -0.480 e. The molecule has 102 valence electrons. The van der Waals surface area contributed by atoms with Crippen molar-refractivity contribution in [1.29, 1.82) is 0 Å². The number of carboxylic acids is 1. The molecule has 3 N–H and O–H groups in total. The van der Waals surface area contributed by atoms with Gasteiger partial charge in [0, 0.05) is 25.0 Å². The lowest BCUT2D eigenvalue weighted by atomic mass is 10.2. The van der Waals surface area contributed by atoms with E-state index in [4.69, 9.17) is 5.11 Å². The molecule has 0 aromatic carbocycles. The van der Waals surface area contributed by atoms with Gasteiger partial charge >= 0.3 is 12.0 Å². The number of hydrogen-bond acceptors (Lipinski definition) is 3. The Bertz CT molecular complexity index is 343. The molecular formula is C11H19N3O4. The Kier molecular flexibility index (Phi) is 4.94. The van der Waals surface area contributed by atoms with Crippen molar-refractivity contribution >= 4 is 17.9 Å². The lowest BCUT2D eigenvalue weighted by Crippen LogP contribution is -2.49. The Hall–Kier alpha value is -1.79. The highest BCUT2D eigenvalue weighted by Gasteiger charge is 2.24. The van der Waals surface area contributed by atoms with Gasteiger partial charge in [-0.05, 0) is 20.3 Å². The fraction of sp³-hybridized carbons (Fsp3) is 0.727. The molecule has 0 spiro atoms. The standard InChI is InChI=1S/C11H19N3O4/c1-7(2)14(6-10(16)17)11(18)12-5-8-3-4-9(15)13-8/h7-8H,3-6H2,1-2H3,(H,12,18)(H,13,15)(H,16,17). The van der Waals surface area contributed by atoms with E-state index in [1.807, 2.05) is 0 Å². The number of carboxylic acid groups (broad SMARTS) is 1. The summed E-state index contributed by atoms with van der Waals surface area (Å²) in [5.41, 5.74) is 0. The summed E-state index contributed by atoms with van der Waals surface area (Å²) in [5, 5.41) is 14.1. The van der Waals surface area contributed by atoms with Crippen LogP contribution in [0.5, 0.6) is 0 Å². The maximum atomic E-state index is 11.8. The van der Waals surface area contributed by atoms with Gasteiger partial charge in [0.15, 0.2) is 0 Å². The van der Waals surface area contributed by atoms with Crippen molar-refractivity contribution in [1.82, 2.24) is 15.5 Å². The number of hydrogen-bond donors (Lipinski definition) is 3. The average Bonchev–Trinajstić information content (AvgIpc) is 2.68. The second-order valence-corrected chi connectivity index (χ2v) is 4.60. The number of carbonyl (C=O) groups is 3. The fourth-order valence-electron chi connectivity index (χ4n) is 1.78. The lowest BCUT2D eigenvalue weighted by Gasteiger charge is -2.25. The molecule has 1 atom stereocenters. The first-order chi connectivity index (χ1) is 8.40. The molecule has 0 aromatic rings. The van der Waals surface area contributed by atoms with Crippen molar-refractivity contribution in [3.8, 4) is 0 Å². The molecule has 0 saturated carbocycles. The van der Waals surface area contributed by atoms with E-state index >= 15 is 0 Å². The topological polar surface area (TPSA) is 98.7 Å². The predicted octanol–water partition coefficient (Wildman–Crippen LogP) is -0.230. The predicted molar refractivity (Wildman–Crippen MR) is 64.0 cm³/mol. The second kappa shape index (κ2) is 6.23. The highest BCUT2D eigenvalue weighted by molar-refractivity contribution is 5.81. The zero-order valence-corrected chi connectivity index (χ0v) is 10.6. The molecule has 3 amide bonds. The van der Waals surface area contributed by atoms with E-state index in [0.717, 1.165) is 0 Å². The van der Waals surface area contributed by atoms with Crippen molar-refractivity contribution in [2.24, 2.45) is 0 Å². The van der Waals surface area contributed by atoms with E-state index in [1.54, 1.807) is 13.8 Å². The summed E-state index contributed by atoms with van der Waals surface area (Å²) in [4.78, 5) is 34.6. The average molecular weight is 257 g/mol. The molecule has 1 saturated heterocycles. The molecule has 1 rings (SSSR count). The van der Waals surface area contributed by atoms with Gasteiger partial charge in [0.2, 0.25) is 5.91 Å². The van der Waals surface area contributed by atoms with Crippen LogP contribution in [-0.2, 0) is 9.59 Å². The van der Waals surface area contributed by atoms with Crippen LogP contribution in [0.3, 0.4) is 0 Å². The summed E-state index contributed by atoms with van der Waals surface area (Å²) < 4.78 is 0. The zero-order valence-electron chi connectivity index (χ0n) is 10.6. The van der Waals surface area contributed by atoms with Crippen LogP contribution in [0.15, 0.2) is 0 Å². The van der Waals surface area contributed by atoms with Gasteiger partial charge in [-0.2, -0.15) is 0 Å². The number of rotatable bonds is 5. The number of aliphatic carboxylic acids is 1. The van der Waals surface area contributed by atoms with Crippen LogP contribution < -0.4 is 10.6 Å². The molecule has 0 bridgehead atoms. The summed E-state index contributed by atoms with van der Waals surface area (Å²) in [6.07, 6.45) is 1.17. The van der Waals surface area contributed by atoms with Gasteiger partial charge in [-0.1, -0.05) is 0 Å². The monoisotopic (exact) mass is 257 g/mol. The van der Waals surface area contributed by atoms with Crippen LogP contribution in [0, 0.1) is 0 Å². The minimum atomic E-state index is -1.05. The van der Waals surface area contributed by atoms with Gasteiger partial charge in [0.1, 0.15) is 6.54 Å². The van der Waals surface area contributed by atoms with Crippen LogP contribution in [0.2, 0.25) is 0 Å². The highest BCUT2D eigenvalue weighted by atomic mass is 16.4. The number of nitrogens with one attached hydrogen (secondary N) is 2. The third kappa shape index (κ3) is 4.23. The van der Waals surface area contributed by atoms with Crippen LogP contribution in [0.1, 0.15) is 26.7 Å². The van der Waals surface area contributed by atoms with Gasteiger partial charge < -0.3 is 20.6 Å². The smallest absolute Gasteiger partial charge is 0.323 e. The molecule has 0 aliphatic carbocycles.